The van der Waals surface area contributed by atoms with E-state index in [1.165, 1.54) is 0 Å². The van der Waals surface area contributed by atoms with Gasteiger partial charge in [-0.25, -0.2) is 9.59 Å². The summed E-state index contributed by atoms with van der Waals surface area (Å²) in [6, 6.07) is 8.62. The molecule has 0 spiro atoms. The Hall–Kier alpha value is -2.04. The van der Waals surface area contributed by atoms with E-state index in [-0.39, 0.29) is 0 Å². The van der Waals surface area contributed by atoms with Crippen LogP contribution in [0.3, 0.4) is 0 Å². The van der Waals surface area contributed by atoms with E-state index in [4.69, 9.17) is 5.11 Å². The number of benzene rings is 1. The van der Waals surface area contributed by atoms with Crippen LogP contribution in [0.5, 0.6) is 0 Å². The summed E-state index contributed by atoms with van der Waals surface area (Å²) in [6.45, 7) is -0.640. The van der Waals surface area contributed by atoms with Crippen molar-refractivity contribution < 1.29 is 19.4 Å². The van der Waals surface area contributed by atoms with Crippen molar-refractivity contribution in [3.05, 3.63) is 30.3 Å². The maximum atomic E-state index is 10.9. The minimum atomic E-state index is -1.19. The SMILES string of the molecule is O=C(O)COC(=O)Nc1ccccc1. The highest BCUT2D eigenvalue weighted by atomic mass is 16.6. The average Bonchev–Trinajstić information content (AvgIpc) is 2.16. The third-order valence-electron chi connectivity index (χ3n) is 1.35. The Morgan fingerprint density at radius 2 is 1.93 bits per heavy atom. The Morgan fingerprint density at radius 1 is 1.29 bits per heavy atom. The summed E-state index contributed by atoms with van der Waals surface area (Å²) in [5.74, 6) is -1.19. The predicted molar refractivity (Wildman–Crippen MR) is 49.0 cm³/mol. The van der Waals surface area contributed by atoms with E-state index in [0.29, 0.717) is 5.69 Å². The lowest BCUT2D eigenvalue weighted by molar-refractivity contribution is -0.140. The van der Waals surface area contributed by atoms with Gasteiger partial charge in [0.15, 0.2) is 6.61 Å². The summed E-state index contributed by atoms with van der Waals surface area (Å²) in [5, 5.41) is 10.6. The van der Waals surface area contributed by atoms with E-state index in [1.54, 1.807) is 30.3 Å². The molecule has 0 saturated heterocycles. The van der Waals surface area contributed by atoms with Crippen LogP contribution in [0.4, 0.5) is 10.5 Å². The normalized spacial score (nSPS) is 9.14. The van der Waals surface area contributed by atoms with Gasteiger partial charge in [0.1, 0.15) is 0 Å². The minimum Gasteiger partial charge on any atom is -0.479 e. The molecule has 74 valence electrons. The van der Waals surface area contributed by atoms with Crippen molar-refractivity contribution in [1.29, 1.82) is 0 Å². The zero-order chi connectivity index (χ0) is 10.4. The van der Waals surface area contributed by atoms with Crippen LogP contribution in [0.15, 0.2) is 30.3 Å². The first-order valence-corrected chi connectivity index (χ1v) is 3.89. The van der Waals surface area contributed by atoms with Crippen LogP contribution in [0.2, 0.25) is 0 Å². The first-order chi connectivity index (χ1) is 6.68. The molecule has 0 heterocycles. The van der Waals surface area contributed by atoms with Crippen LogP contribution < -0.4 is 5.32 Å². The average molecular weight is 195 g/mol. The smallest absolute Gasteiger partial charge is 0.412 e. The van der Waals surface area contributed by atoms with Gasteiger partial charge in [-0.3, -0.25) is 5.32 Å². The second-order valence-corrected chi connectivity index (χ2v) is 2.46. The summed E-state index contributed by atoms with van der Waals surface area (Å²) in [7, 11) is 0. The van der Waals surface area contributed by atoms with E-state index >= 15 is 0 Å². The third kappa shape index (κ3) is 3.57. The van der Waals surface area contributed by atoms with Crippen molar-refractivity contribution in [3.8, 4) is 0 Å². The van der Waals surface area contributed by atoms with Crippen molar-refractivity contribution in [1.82, 2.24) is 0 Å². The molecule has 0 bridgehead atoms. The van der Waals surface area contributed by atoms with Gasteiger partial charge in [-0.2, -0.15) is 0 Å². The van der Waals surface area contributed by atoms with E-state index in [1.807, 2.05) is 0 Å². The Bertz CT molecular complexity index is 323. The monoisotopic (exact) mass is 195 g/mol. The Balaban J connectivity index is 2.38. The summed E-state index contributed by atoms with van der Waals surface area (Å²) in [6.07, 6.45) is -0.779. The van der Waals surface area contributed by atoms with Crippen molar-refractivity contribution in [2.24, 2.45) is 0 Å². The van der Waals surface area contributed by atoms with Crippen molar-refractivity contribution in [2.45, 2.75) is 0 Å². The lowest BCUT2D eigenvalue weighted by Gasteiger charge is -2.03. The molecule has 1 rings (SSSR count). The largest absolute Gasteiger partial charge is 0.479 e. The number of carboxylic acid groups (broad SMARTS) is 1. The number of carboxylic acids is 1. The van der Waals surface area contributed by atoms with Gasteiger partial charge in [0.2, 0.25) is 0 Å². The molecule has 0 fully saturated rings. The zero-order valence-corrected chi connectivity index (χ0v) is 7.27. The number of ether oxygens (including phenoxy) is 1. The topological polar surface area (TPSA) is 75.6 Å². The van der Waals surface area contributed by atoms with Gasteiger partial charge in [-0.05, 0) is 12.1 Å². The van der Waals surface area contributed by atoms with E-state index in [2.05, 4.69) is 10.1 Å². The first-order valence-electron chi connectivity index (χ1n) is 3.89. The maximum Gasteiger partial charge on any atom is 0.412 e. The van der Waals surface area contributed by atoms with Gasteiger partial charge in [0.05, 0.1) is 0 Å². The second-order valence-electron chi connectivity index (χ2n) is 2.46. The molecule has 0 atom stereocenters. The number of hydrogen-bond acceptors (Lipinski definition) is 3. The highest BCUT2D eigenvalue weighted by Crippen LogP contribution is 2.04. The first kappa shape index (κ1) is 10.0. The number of para-hydroxylation sites is 1. The molecule has 0 aliphatic heterocycles. The number of anilines is 1. The highest BCUT2D eigenvalue weighted by molar-refractivity contribution is 5.85. The van der Waals surface area contributed by atoms with Crippen LogP contribution in [-0.4, -0.2) is 23.8 Å². The number of rotatable bonds is 3. The lowest BCUT2D eigenvalue weighted by atomic mass is 10.3. The molecule has 0 aliphatic carbocycles. The predicted octanol–water partition coefficient (Wildman–Crippen LogP) is 1.32. The minimum absolute atomic E-state index is 0.558. The molecular formula is C9H9NO4. The molecule has 1 aromatic carbocycles. The number of aliphatic carboxylic acids is 1. The molecule has 5 nitrogen and oxygen atoms in total. The quantitative estimate of drug-likeness (QED) is 0.762. The Labute approximate surface area is 80.3 Å². The molecule has 0 aliphatic rings. The number of hydrogen-bond donors (Lipinski definition) is 2. The van der Waals surface area contributed by atoms with Crippen LogP contribution >= 0.6 is 0 Å². The Morgan fingerprint density at radius 3 is 2.50 bits per heavy atom. The van der Waals surface area contributed by atoms with Gasteiger partial charge in [0, 0.05) is 5.69 Å². The second kappa shape index (κ2) is 4.86. The Kier molecular flexibility index (Phi) is 3.49. The van der Waals surface area contributed by atoms with Crippen LogP contribution in [-0.2, 0) is 9.53 Å². The van der Waals surface area contributed by atoms with Gasteiger partial charge >= 0.3 is 12.1 Å². The van der Waals surface area contributed by atoms with Crippen LogP contribution in [0.1, 0.15) is 0 Å². The number of carbonyl (C=O) groups is 2. The third-order valence-corrected chi connectivity index (χ3v) is 1.35. The molecule has 0 aromatic heterocycles. The maximum absolute atomic E-state index is 10.9. The summed E-state index contributed by atoms with van der Waals surface area (Å²) < 4.78 is 4.36. The van der Waals surface area contributed by atoms with Crippen LogP contribution in [0, 0.1) is 0 Å². The van der Waals surface area contributed by atoms with Gasteiger partial charge < -0.3 is 9.84 Å². The molecule has 1 aromatic rings. The fraction of sp³-hybridized carbons (Fsp3) is 0.111. The standard InChI is InChI=1S/C9H9NO4/c11-8(12)6-14-9(13)10-7-4-2-1-3-5-7/h1-5H,6H2,(H,10,13)(H,11,12). The molecule has 1 amide bonds. The van der Waals surface area contributed by atoms with Crippen molar-refractivity contribution in [2.75, 3.05) is 11.9 Å². The molecule has 5 heteroatoms. The van der Waals surface area contributed by atoms with E-state index < -0.39 is 18.7 Å². The van der Waals surface area contributed by atoms with Crippen LogP contribution in [0.25, 0.3) is 0 Å². The lowest BCUT2D eigenvalue weighted by Crippen LogP contribution is -2.18. The molecule has 0 saturated carbocycles. The van der Waals surface area contributed by atoms with Crippen molar-refractivity contribution >= 4 is 17.7 Å². The van der Waals surface area contributed by atoms with Gasteiger partial charge in [-0.15, -0.1) is 0 Å². The molecule has 14 heavy (non-hydrogen) atoms. The number of carbonyl (C=O) groups excluding carboxylic acids is 1. The van der Waals surface area contributed by atoms with Crippen molar-refractivity contribution in [3.63, 3.8) is 0 Å². The fourth-order valence-corrected chi connectivity index (χ4v) is 0.803. The highest BCUT2D eigenvalue weighted by Gasteiger charge is 2.04. The number of amides is 1. The fourth-order valence-electron chi connectivity index (χ4n) is 0.803. The molecule has 0 radical (unpaired) electrons. The molecule has 0 unspecified atom stereocenters. The summed E-state index contributed by atoms with van der Waals surface area (Å²) in [5.41, 5.74) is 0.558. The number of nitrogens with one attached hydrogen (secondary N) is 1. The summed E-state index contributed by atoms with van der Waals surface area (Å²) >= 11 is 0. The van der Waals surface area contributed by atoms with E-state index in [0.717, 1.165) is 0 Å². The zero-order valence-electron chi connectivity index (χ0n) is 7.27. The van der Waals surface area contributed by atoms with Gasteiger partial charge in [-0.1, -0.05) is 18.2 Å². The van der Waals surface area contributed by atoms with E-state index in [9.17, 15) is 9.59 Å². The molecule has 2 N–H and O–H groups in total. The molecular weight excluding hydrogens is 186 g/mol. The summed E-state index contributed by atoms with van der Waals surface area (Å²) in [4.78, 5) is 21.0. The van der Waals surface area contributed by atoms with Gasteiger partial charge in [0.25, 0.3) is 0 Å².